The molecule has 1 aliphatic rings. The van der Waals surface area contributed by atoms with E-state index < -0.39 is 0 Å². The first kappa shape index (κ1) is 9.30. The van der Waals surface area contributed by atoms with Gasteiger partial charge < -0.3 is 4.90 Å². The van der Waals surface area contributed by atoms with Crippen LogP contribution in [0.2, 0.25) is 0 Å². The summed E-state index contributed by atoms with van der Waals surface area (Å²) in [5, 5.41) is 0. The molecule has 0 spiro atoms. The molecule has 1 fully saturated rings. The number of rotatable bonds is 1. The highest BCUT2D eigenvalue weighted by Crippen LogP contribution is 2.25. The molecular weight excluding hydrogens is 150 g/mol. The summed E-state index contributed by atoms with van der Waals surface area (Å²) in [6.07, 6.45) is 4.71. The Bertz CT molecular complexity index is 206. The Morgan fingerprint density at radius 3 is 2.75 bits per heavy atom. The lowest BCUT2D eigenvalue weighted by molar-refractivity contribution is -0.117. The number of ketones is 1. The van der Waals surface area contributed by atoms with Crippen molar-refractivity contribution in [3.05, 3.63) is 11.8 Å². The Morgan fingerprint density at radius 1 is 1.50 bits per heavy atom. The van der Waals surface area contributed by atoms with Gasteiger partial charge in [0.2, 0.25) is 0 Å². The number of hydrogen-bond donors (Lipinski definition) is 0. The Morgan fingerprint density at radius 2 is 2.17 bits per heavy atom. The van der Waals surface area contributed by atoms with Gasteiger partial charge in [0, 0.05) is 32.3 Å². The summed E-state index contributed by atoms with van der Waals surface area (Å²) in [4.78, 5) is 13.3. The summed E-state index contributed by atoms with van der Waals surface area (Å²) in [6.45, 7) is 2.20. The lowest BCUT2D eigenvalue weighted by atomic mass is 9.86. The molecule has 0 aromatic rings. The molecule has 0 aromatic carbocycles. The largest absolute Gasteiger partial charge is 0.383 e. The van der Waals surface area contributed by atoms with Gasteiger partial charge in [0.05, 0.1) is 0 Å². The smallest absolute Gasteiger partial charge is 0.160 e. The minimum absolute atomic E-state index is 0.335. The zero-order valence-electron chi connectivity index (χ0n) is 8.13. The SMILES string of the molecule is CC1CCC(=O)C(=CN(C)C)C1. The molecule has 1 rings (SSSR count). The topological polar surface area (TPSA) is 20.3 Å². The molecule has 0 heterocycles. The Labute approximate surface area is 74.2 Å². The molecule has 0 N–H and O–H groups in total. The average Bonchev–Trinajstić information content (AvgIpc) is 1.96. The van der Waals surface area contributed by atoms with E-state index >= 15 is 0 Å². The number of nitrogens with zero attached hydrogens (tertiary/aromatic N) is 1. The van der Waals surface area contributed by atoms with Crippen LogP contribution in [0.5, 0.6) is 0 Å². The second-order valence-electron chi connectivity index (χ2n) is 3.89. The molecule has 0 radical (unpaired) electrons. The zero-order chi connectivity index (χ0) is 9.14. The van der Waals surface area contributed by atoms with Gasteiger partial charge in [-0.25, -0.2) is 0 Å². The maximum absolute atomic E-state index is 11.4. The highest BCUT2D eigenvalue weighted by atomic mass is 16.1. The second kappa shape index (κ2) is 3.74. The van der Waals surface area contributed by atoms with Crippen LogP contribution < -0.4 is 0 Å². The van der Waals surface area contributed by atoms with Crippen LogP contribution in [0, 0.1) is 5.92 Å². The van der Waals surface area contributed by atoms with E-state index in [9.17, 15) is 4.79 Å². The molecule has 0 aromatic heterocycles. The fourth-order valence-corrected chi connectivity index (χ4v) is 1.57. The van der Waals surface area contributed by atoms with Gasteiger partial charge >= 0.3 is 0 Å². The molecule has 2 nitrogen and oxygen atoms in total. The van der Waals surface area contributed by atoms with Gasteiger partial charge in [-0.2, -0.15) is 0 Å². The first-order valence-electron chi connectivity index (χ1n) is 4.50. The molecule has 1 atom stereocenters. The van der Waals surface area contributed by atoms with E-state index in [1.807, 2.05) is 25.2 Å². The van der Waals surface area contributed by atoms with E-state index in [1.165, 1.54) is 0 Å². The summed E-state index contributed by atoms with van der Waals surface area (Å²) < 4.78 is 0. The van der Waals surface area contributed by atoms with Crippen molar-refractivity contribution in [3.63, 3.8) is 0 Å². The third kappa shape index (κ3) is 2.36. The molecule has 68 valence electrons. The summed E-state index contributed by atoms with van der Waals surface area (Å²) in [7, 11) is 3.92. The van der Waals surface area contributed by atoms with Crippen LogP contribution >= 0.6 is 0 Å². The van der Waals surface area contributed by atoms with Gasteiger partial charge in [-0.3, -0.25) is 4.79 Å². The van der Waals surface area contributed by atoms with E-state index in [0.717, 1.165) is 24.8 Å². The molecule has 0 bridgehead atoms. The van der Waals surface area contributed by atoms with Crippen LogP contribution in [-0.2, 0) is 4.79 Å². The zero-order valence-corrected chi connectivity index (χ0v) is 8.13. The third-order valence-electron chi connectivity index (χ3n) is 2.20. The van der Waals surface area contributed by atoms with Crippen molar-refractivity contribution in [3.8, 4) is 0 Å². The van der Waals surface area contributed by atoms with Gasteiger partial charge in [-0.15, -0.1) is 0 Å². The number of Topliss-reactive ketones (excluding diaryl/α,β-unsaturated/α-hetero) is 1. The molecule has 1 aliphatic carbocycles. The lowest BCUT2D eigenvalue weighted by Gasteiger charge is -2.20. The number of carbonyl (C=O) groups excluding carboxylic acids is 1. The maximum Gasteiger partial charge on any atom is 0.160 e. The maximum atomic E-state index is 11.4. The third-order valence-corrected chi connectivity index (χ3v) is 2.20. The van der Waals surface area contributed by atoms with Crippen LogP contribution in [0.3, 0.4) is 0 Å². The van der Waals surface area contributed by atoms with Gasteiger partial charge in [-0.1, -0.05) is 6.92 Å². The van der Waals surface area contributed by atoms with Crippen molar-refractivity contribution in [1.29, 1.82) is 0 Å². The summed E-state index contributed by atoms with van der Waals surface area (Å²) in [6, 6.07) is 0. The van der Waals surface area contributed by atoms with Crippen molar-refractivity contribution in [1.82, 2.24) is 4.90 Å². The summed E-state index contributed by atoms with van der Waals surface area (Å²) in [5.41, 5.74) is 0.999. The van der Waals surface area contributed by atoms with E-state index in [2.05, 4.69) is 6.92 Å². The summed E-state index contributed by atoms with van der Waals surface area (Å²) in [5.74, 6) is 1.01. The normalized spacial score (nSPS) is 27.8. The van der Waals surface area contributed by atoms with E-state index in [-0.39, 0.29) is 0 Å². The fourth-order valence-electron chi connectivity index (χ4n) is 1.57. The molecule has 0 amide bonds. The molecule has 0 saturated heterocycles. The van der Waals surface area contributed by atoms with Gasteiger partial charge in [0.1, 0.15) is 0 Å². The number of hydrogen-bond acceptors (Lipinski definition) is 2. The predicted molar refractivity (Wildman–Crippen MR) is 49.8 cm³/mol. The average molecular weight is 167 g/mol. The fraction of sp³-hybridized carbons (Fsp3) is 0.700. The molecule has 1 saturated carbocycles. The molecule has 12 heavy (non-hydrogen) atoms. The van der Waals surface area contributed by atoms with Crippen molar-refractivity contribution >= 4 is 5.78 Å². The molecular formula is C10H17NO. The van der Waals surface area contributed by atoms with Crippen molar-refractivity contribution in [2.24, 2.45) is 5.92 Å². The first-order valence-corrected chi connectivity index (χ1v) is 4.50. The molecule has 2 heteroatoms. The van der Waals surface area contributed by atoms with Crippen molar-refractivity contribution in [2.75, 3.05) is 14.1 Å². The van der Waals surface area contributed by atoms with E-state index in [4.69, 9.17) is 0 Å². The monoisotopic (exact) mass is 167 g/mol. The van der Waals surface area contributed by atoms with Crippen LogP contribution in [0.1, 0.15) is 26.2 Å². The quantitative estimate of drug-likeness (QED) is 0.555. The highest BCUT2D eigenvalue weighted by Gasteiger charge is 2.20. The molecule has 0 aliphatic heterocycles. The van der Waals surface area contributed by atoms with E-state index in [0.29, 0.717) is 11.7 Å². The highest BCUT2D eigenvalue weighted by molar-refractivity contribution is 5.95. The van der Waals surface area contributed by atoms with Gasteiger partial charge in [0.15, 0.2) is 5.78 Å². The standard InChI is InChI=1S/C10H17NO/c1-8-4-5-10(12)9(6-8)7-11(2)3/h7-8H,4-6H2,1-3H3. The van der Waals surface area contributed by atoms with Crippen LogP contribution in [0.4, 0.5) is 0 Å². The van der Waals surface area contributed by atoms with Crippen LogP contribution in [-0.4, -0.2) is 24.8 Å². The number of allylic oxidation sites excluding steroid dienone is 1. The Kier molecular flexibility index (Phi) is 2.90. The first-order chi connectivity index (χ1) is 5.59. The lowest BCUT2D eigenvalue weighted by Crippen LogP contribution is -2.17. The Balaban J connectivity index is 2.67. The van der Waals surface area contributed by atoms with Crippen LogP contribution in [0.25, 0.3) is 0 Å². The Hall–Kier alpha value is -0.790. The molecule has 1 unspecified atom stereocenters. The number of carbonyl (C=O) groups is 1. The van der Waals surface area contributed by atoms with E-state index in [1.54, 1.807) is 0 Å². The predicted octanol–water partition coefficient (Wildman–Crippen LogP) is 1.82. The summed E-state index contributed by atoms with van der Waals surface area (Å²) >= 11 is 0. The minimum atomic E-state index is 0.335. The van der Waals surface area contributed by atoms with Gasteiger partial charge in [-0.05, 0) is 18.8 Å². The van der Waals surface area contributed by atoms with Crippen LogP contribution in [0.15, 0.2) is 11.8 Å². The second-order valence-corrected chi connectivity index (χ2v) is 3.89. The minimum Gasteiger partial charge on any atom is -0.383 e. The van der Waals surface area contributed by atoms with Crippen molar-refractivity contribution in [2.45, 2.75) is 26.2 Å². The van der Waals surface area contributed by atoms with Gasteiger partial charge in [0.25, 0.3) is 0 Å². The van der Waals surface area contributed by atoms with Crippen molar-refractivity contribution < 1.29 is 4.79 Å².